The number of nitrogens with zero attached hydrogens (tertiary/aromatic N) is 1. The van der Waals surface area contributed by atoms with E-state index in [2.05, 4.69) is 5.32 Å². The van der Waals surface area contributed by atoms with Crippen LogP contribution in [0.15, 0.2) is 24.3 Å². The number of benzene rings is 1. The van der Waals surface area contributed by atoms with Gasteiger partial charge < -0.3 is 29.0 Å². The molecule has 11 nitrogen and oxygen atoms in total. The van der Waals surface area contributed by atoms with Gasteiger partial charge in [-0.15, -0.1) is 0 Å². The summed E-state index contributed by atoms with van der Waals surface area (Å²) in [5.41, 5.74) is 0.403. The molecule has 0 spiro atoms. The first-order chi connectivity index (χ1) is 15.1. The summed E-state index contributed by atoms with van der Waals surface area (Å²) in [6.07, 6.45) is -4.70. The van der Waals surface area contributed by atoms with E-state index in [4.69, 9.17) is 28.9 Å². The number of carbonyl (C=O) groups excluding carboxylic acids is 4. The number of esters is 3. The third-order valence-electron chi connectivity index (χ3n) is 4.31. The van der Waals surface area contributed by atoms with Gasteiger partial charge in [-0.05, 0) is 24.3 Å². The number of hydrogen-bond donors (Lipinski definition) is 1. The van der Waals surface area contributed by atoms with E-state index < -0.39 is 54.5 Å². The fraction of sp³-hybridized carbons (Fsp3) is 0.476. The van der Waals surface area contributed by atoms with Crippen LogP contribution in [0.5, 0.6) is 5.75 Å². The van der Waals surface area contributed by atoms with Crippen LogP contribution in [-0.4, -0.2) is 61.1 Å². The number of nitriles is 1. The van der Waals surface area contributed by atoms with E-state index >= 15 is 0 Å². The Hall–Kier alpha value is -3.65. The lowest BCUT2D eigenvalue weighted by Crippen LogP contribution is -2.67. The van der Waals surface area contributed by atoms with Crippen LogP contribution in [0.3, 0.4) is 0 Å². The highest BCUT2D eigenvalue weighted by Crippen LogP contribution is 2.29. The van der Waals surface area contributed by atoms with E-state index in [-0.39, 0.29) is 6.61 Å². The molecule has 172 valence electrons. The first-order valence-electron chi connectivity index (χ1n) is 9.68. The monoisotopic (exact) mass is 448 g/mol. The molecular weight excluding hydrogens is 424 g/mol. The van der Waals surface area contributed by atoms with Crippen LogP contribution in [0, 0.1) is 11.3 Å². The third kappa shape index (κ3) is 6.95. The zero-order chi connectivity index (χ0) is 23.8. The normalized spacial score (nSPS) is 24.4. The van der Waals surface area contributed by atoms with Gasteiger partial charge in [0.2, 0.25) is 12.2 Å². The quantitative estimate of drug-likeness (QED) is 0.464. The van der Waals surface area contributed by atoms with Gasteiger partial charge in [0.1, 0.15) is 24.5 Å². The summed E-state index contributed by atoms with van der Waals surface area (Å²) in [7, 11) is 0. The highest BCUT2D eigenvalue weighted by molar-refractivity contribution is 5.73. The summed E-state index contributed by atoms with van der Waals surface area (Å²) in [5, 5.41) is 11.6. The lowest BCUT2D eigenvalue weighted by molar-refractivity contribution is -0.257. The van der Waals surface area contributed by atoms with E-state index in [1.807, 2.05) is 6.07 Å². The van der Waals surface area contributed by atoms with Crippen LogP contribution in [-0.2, 0) is 38.1 Å². The summed E-state index contributed by atoms with van der Waals surface area (Å²) in [6.45, 7) is 4.42. The Kier molecular flexibility index (Phi) is 8.54. The molecular formula is C21H24N2O9. The van der Waals surface area contributed by atoms with Crippen molar-refractivity contribution < 1.29 is 42.9 Å². The molecule has 1 fully saturated rings. The number of nitrogens with one attached hydrogen (secondary N) is 1. The smallest absolute Gasteiger partial charge is 0.303 e. The molecule has 1 aliphatic heterocycles. The molecule has 1 aliphatic rings. The third-order valence-corrected chi connectivity index (χ3v) is 4.31. The fourth-order valence-electron chi connectivity index (χ4n) is 3.13. The van der Waals surface area contributed by atoms with Gasteiger partial charge in [-0.2, -0.15) is 5.26 Å². The SMILES string of the molecule is CC(=O)NC1C(OC(C)=O)[C@H](OC(C)=O)C(COC(C)=O)O[C@H]1Oc1ccc(C#N)cc1. The molecule has 0 aliphatic carbocycles. The second-order valence-corrected chi connectivity index (χ2v) is 6.97. The average molecular weight is 448 g/mol. The molecule has 1 N–H and O–H groups in total. The van der Waals surface area contributed by atoms with Crippen molar-refractivity contribution in [3.05, 3.63) is 29.8 Å². The zero-order valence-corrected chi connectivity index (χ0v) is 18.0. The molecule has 1 aromatic carbocycles. The average Bonchev–Trinajstić information content (AvgIpc) is 2.70. The number of rotatable bonds is 7. The largest absolute Gasteiger partial charge is 0.463 e. The van der Waals surface area contributed by atoms with Crippen molar-refractivity contribution in [2.45, 2.75) is 58.3 Å². The van der Waals surface area contributed by atoms with E-state index in [1.54, 1.807) is 0 Å². The molecule has 5 atom stereocenters. The number of carbonyl (C=O) groups is 4. The van der Waals surface area contributed by atoms with Gasteiger partial charge in [0.15, 0.2) is 12.2 Å². The lowest BCUT2D eigenvalue weighted by Gasteiger charge is -2.44. The Morgan fingerprint density at radius 3 is 2.06 bits per heavy atom. The predicted molar refractivity (Wildman–Crippen MR) is 106 cm³/mol. The van der Waals surface area contributed by atoms with Crippen LogP contribution < -0.4 is 10.1 Å². The molecule has 3 unspecified atom stereocenters. The molecule has 1 saturated heterocycles. The summed E-state index contributed by atoms with van der Waals surface area (Å²) in [4.78, 5) is 46.7. The molecule has 0 aromatic heterocycles. The molecule has 1 aromatic rings. The Labute approximate surface area is 184 Å². The first-order valence-corrected chi connectivity index (χ1v) is 9.68. The summed E-state index contributed by atoms with van der Waals surface area (Å²) >= 11 is 0. The summed E-state index contributed by atoms with van der Waals surface area (Å²) < 4.78 is 27.5. The predicted octanol–water partition coefficient (Wildman–Crippen LogP) is 0.593. The molecule has 32 heavy (non-hydrogen) atoms. The van der Waals surface area contributed by atoms with E-state index in [0.717, 1.165) is 13.8 Å². The van der Waals surface area contributed by atoms with Crippen molar-refractivity contribution >= 4 is 23.8 Å². The summed E-state index contributed by atoms with van der Waals surface area (Å²) in [6, 6.07) is 6.99. The zero-order valence-electron chi connectivity index (χ0n) is 18.0. The molecule has 1 amide bonds. The van der Waals surface area contributed by atoms with Crippen molar-refractivity contribution in [3.63, 3.8) is 0 Å². The molecule has 2 rings (SSSR count). The van der Waals surface area contributed by atoms with Crippen LogP contribution >= 0.6 is 0 Å². The van der Waals surface area contributed by atoms with Crippen molar-refractivity contribution in [2.75, 3.05) is 6.61 Å². The van der Waals surface area contributed by atoms with Crippen molar-refractivity contribution in [2.24, 2.45) is 0 Å². The van der Waals surface area contributed by atoms with Gasteiger partial charge in [-0.3, -0.25) is 19.2 Å². The van der Waals surface area contributed by atoms with Gasteiger partial charge in [0.25, 0.3) is 0 Å². The van der Waals surface area contributed by atoms with Crippen molar-refractivity contribution in [3.8, 4) is 11.8 Å². The highest BCUT2D eigenvalue weighted by Gasteiger charge is 2.51. The lowest BCUT2D eigenvalue weighted by atomic mass is 9.96. The molecule has 0 bridgehead atoms. The van der Waals surface area contributed by atoms with Crippen LogP contribution in [0.25, 0.3) is 0 Å². The number of hydrogen-bond acceptors (Lipinski definition) is 10. The van der Waals surface area contributed by atoms with Gasteiger partial charge >= 0.3 is 17.9 Å². The standard InChI is InChI=1S/C21H24N2O9/c1-11(24)23-18-20(30-14(4)27)19(29-13(3)26)17(10-28-12(2)25)32-21(18)31-16-7-5-15(9-22)6-8-16/h5-8,17-21H,10H2,1-4H3,(H,23,24)/t17?,18?,19-,20?,21-/m1/s1. The van der Waals surface area contributed by atoms with Gasteiger partial charge in [0, 0.05) is 27.7 Å². The van der Waals surface area contributed by atoms with Crippen LogP contribution in [0.2, 0.25) is 0 Å². The maximum atomic E-state index is 11.9. The van der Waals surface area contributed by atoms with Crippen LogP contribution in [0.1, 0.15) is 33.3 Å². The van der Waals surface area contributed by atoms with Gasteiger partial charge in [-0.25, -0.2) is 0 Å². The minimum atomic E-state index is -1.22. The first kappa shape index (κ1) is 24.6. The molecule has 1 heterocycles. The topological polar surface area (TPSA) is 150 Å². The van der Waals surface area contributed by atoms with Gasteiger partial charge in [0.05, 0.1) is 11.6 Å². The van der Waals surface area contributed by atoms with Crippen molar-refractivity contribution in [1.82, 2.24) is 5.32 Å². The Balaban J connectivity index is 2.43. The van der Waals surface area contributed by atoms with Crippen LogP contribution in [0.4, 0.5) is 0 Å². The number of amides is 1. The fourth-order valence-corrected chi connectivity index (χ4v) is 3.13. The Morgan fingerprint density at radius 2 is 1.56 bits per heavy atom. The molecule has 0 saturated carbocycles. The Morgan fingerprint density at radius 1 is 0.969 bits per heavy atom. The second kappa shape index (κ2) is 11.1. The highest BCUT2D eigenvalue weighted by atomic mass is 16.7. The van der Waals surface area contributed by atoms with E-state index in [0.29, 0.717) is 11.3 Å². The Bertz CT molecular complexity index is 894. The van der Waals surface area contributed by atoms with Gasteiger partial charge in [-0.1, -0.05) is 0 Å². The number of ether oxygens (including phenoxy) is 5. The molecule has 11 heteroatoms. The van der Waals surface area contributed by atoms with E-state index in [9.17, 15) is 19.2 Å². The maximum absolute atomic E-state index is 11.9. The maximum Gasteiger partial charge on any atom is 0.303 e. The summed E-state index contributed by atoms with van der Waals surface area (Å²) in [5.74, 6) is -2.19. The molecule has 0 radical (unpaired) electrons. The second-order valence-electron chi connectivity index (χ2n) is 6.97. The van der Waals surface area contributed by atoms with E-state index in [1.165, 1.54) is 38.1 Å². The minimum absolute atomic E-state index is 0.295. The minimum Gasteiger partial charge on any atom is -0.463 e. The van der Waals surface area contributed by atoms with Crippen molar-refractivity contribution in [1.29, 1.82) is 5.26 Å².